The topological polar surface area (TPSA) is 131 Å². The lowest BCUT2D eigenvalue weighted by molar-refractivity contribution is -0.145. The summed E-state index contributed by atoms with van der Waals surface area (Å²) in [6.45, 7) is 5.22. The zero-order valence-corrected chi connectivity index (χ0v) is 14.3. The third-order valence-corrected chi connectivity index (χ3v) is 4.62. The van der Waals surface area contributed by atoms with Crippen LogP contribution in [0.5, 0.6) is 0 Å². The number of nitrogens with one attached hydrogen (secondary N) is 3. The van der Waals surface area contributed by atoms with Crippen molar-refractivity contribution in [2.24, 2.45) is 5.92 Å². The third-order valence-electron chi connectivity index (χ3n) is 4.07. The van der Waals surface area contributed by atoms with E-state index >= 15 is 0 Å². The minimum absolute atomic E-state index is 0.281. The first-order chi connectivity index (χ1) is 11.1. The molecule has 2 amide bonds. The molecule has 0 spiro atoms. The zero-order chi connectivity index (χ0) is 18.1. The highest BCUT2D eigenvalue weighted by atomic mass is 32.2. The van der Waals surface area contributed by atoms with Crippen molar-refractivity contribution in [3.63, 3.8) is 0 Å². The number of hydrogen-bond acceptors (Lipinski definition) is 7. The molecule has 0 bridgehead atoms. The molecule has 3 N–H and O–H groups in total. The fraction of sp³-hybridized carbons (Fsp3) is 0.643. The fourth-order valence-corrected chi connectivity index (χ4v) is 3.35. The average Bonchev–Trinajstić information content (AvgIpc) is 2.96. The number of carbonyl (C=O) groups is 3. The van der Waals surface area contributed by atoms with Crippen LogP contribution in [0.1, 0.15) is 19.8 Å². The molecule has 2 aliphatic rings. The Hall–Kier alpha value is -1.94. The van der Waals surface area contributed by atoms with Gasteiger partial charge in [-0.05, 0) is 6.42 Å². The molecule has 1 saturated heterocycles. The molecular weight excluding hydrogens is 338 g/mol. The van der Waals surface area contributed by atoms with Crippen LogP contribution in [0.2, 0.25) is 0 Å². The summed E-state index contributed by atoms with van der Waals surface area (Å²) in [7, 11) is -3.73. The van der Waals surface area contributed by atoms with Crippen molar-refractivity contribution in [2.75, 3.05) is 12.8 Å². The van der Waals surface area contributed by atoms with Crippen molar-refractivity contribution in [3.8, 4) is 0 Å². The standard InChI is InChI=1S/C14H21N3O6S/c1-4-9-6-14(9,13(20)17-24(3,21)22)16-12(19)11-5-10(7-15-11)23-8(2)18/h4,9-11,15H,1,5-7H2,2-3H3,(H,16,19)(H,17,20)/t9-,10-,11+,14?/m1/s1. The average molecular weight is 359 g/mol. The summed E-state index contributed by atoms with van der Waals surface area (Å²) in [5.74, 6) is -2.00. The van der Waals surface area contributed by atoms with Crippen LogP contribution in [0.3, 0.4) is 0 Å². The number of carbonyl (C=O) groups excluding carboxylic acids is 3. The Balaban J connectivity index is 2.01. The maximum atomic E-state index is 12.4. The Labute approximate surface area is 140 Å². The molecule has 1 aliphatic carbocycles. The molecule has 134 valence electrons. The van der Waals surface area contributed by atoms with Gasteiger partial charge in [-0.15, -0.1) is 6.58 Å². The second-order valence-corrected chi connectivity index (χ2v) is 7.89. The van der Waals surface area contributed by atoms with Crippen molar-refractivity contribution >= 4 is 27.8 Å². The number of ether oxygens (including phenoxy) is 1. The van der Waals surface area contributed by atoms with E-state index in [-0.39, 0.29) is 18.8 Å². The van der Waals surface area contributed by atoms with Gasteiger partial charge in [0, 0.05) is 25.8 Å². The van der Waals surface area contributed by atoms with Gasteiger partial charge in [0.05, 0.1) is 12.3 Å². The van der Waals surface area contributed by atoms with E-state index in [4.69, 9.17) is 4.74 Å². The predicted octanol–water partition coefficient (Wildman–Crippen LogP) is -1.58. The monoisotopic (exact) mass is 359 g/mol. The molecule has 2 rings (SSSR count). The van der Waals surface area contributed by atoms with Crippen LogP contribution in [0.25, 0.3) is 0 Å². The summed E-state index contributed by atoms with van der Waals surface area (Å²) in [5, 5.41) is 5.53. The van der Waals surface area contributed by atoms with E-state index in [2.05, 4.69) is 17.2 Å². The highest BCUT2D eigenvalue weighted by Crippen LogP contribution is 2.44. The van der Waals surface area contributed by atoms with E-state index in [0.717, 1.165) is 6.26 Å². The summed E-state index contributed by atoms with van der Waals surface area (Å²) < 4.78 is 29.5. The third kappa shape index (κ3) is 4.12. The maximum absolute atomic E-state index is 12.4. The van der Waals surface area contributed by atoms with Gasteiger partial charge in [-0.1, -0.05) is 6.08 Å². The lowest BCUT2D eigenvalue weighted by Crippen LogP contribution is -2.55. The number of rotatable bonds is 6. The molecular formula is C14H21N3O6S. The number of hydrogen-bond donors (Lipinski definition) is 3. The van der Waals surface area contributed by atoms with Crippen LogP contribution in [0.15, 0.2) is 12.7 Å². The Morgan fingerprint density at radius 3 is 2.54 bits per heavy atom. The molecule has 0 aromatic carbocycles. The number of sulfonamides is 1. The smallest absolute Gasteiger partial charge is 0.302 e. The Bertz CT molecular complexity index is 676. The van der Waals surface area contributed by atoms with Gasteiger partial charge >= 0.3 is 5.97 Å². The summed E-state index contributed by atoms with van der Waals surface area (Å²) in [4.78, 5) is 35.6. The molecule has 0 aromatic heterocycles. The molecule has 4 atom stereocenters. The summed E-state index contributed by atoms with van der Waals surface area (Å²) >= 11 is 0. The highest BCUT2D eigenvalue weighted by molar-refractivity contribution is 7.89. The Morgan fingerprint density at radius 2 is 2.04 bits per heavy atom. The van der Waals surface area contributed by atoms with Crippen LogP contribution >= 0.6 is 0 Å². The predicted molar refractivity (Wildman–Crippen MR) is 84.1 cm³/mol. The minimum Gasteiger partial charge on any atom is -0.461 e. The van der Waals surface area contributed by atoms with E-state index < -0.39 is 45.5 Å². The SMILES string of the molecule is C=C[C@@H]1CC1(NC(=O)[C@@H]1C[C@@H](OC(C)=O)CN1)C(=O)NS(C)(=O)=O. The lowest BCUT2D eigenvalue weighted by atomic mass is 10.1. The molecule has 1 unspecified atom stereocenters. The quantitative estimate of drug-likeness (QED) is 0.385. The van der Waals surface area contributed by atoms with E-state index in [9.17, 15) is 22.8 Å². The first-order valence-corrected chi connectivity index (χ1v) is 9.34. The molecule has 2 fully saturated rings. The first-order valence-electron chi connectivity index (χ1n) is 7.45. The first kappa shape index (κ1) is 18.4. The minimum atomic E-state index is -3.73. The lowest BCUT2D eigenvalue weighted by Gasteiger charge is -2.20. The molecule has 0 radical (unpaired) electrons. The van der Waals surface area contributed by atoms with Crippen molar-refractivity contribution < 1.29 is 27.5 Å². The van der Waals surface area contributed by atoms with Crippen LogP contribution in [-0.4, -0.2) is 56.7 Å². The van der Waals surface area contributed by atoms with Crippen LogP contribution in [-0.2, 0) is 29.1 Å². The highest BCUT2D eigenvalue weighted by Gasteiger charge is 2.60. The molecule has 24 heavy (non-hydrogen) atoms. The molecule has 10 heteroatoms. The molecule has 9 nitrogen and oxygen atoms in total. The van der Waals surface area contributed by atoms with E-state index in [1.54, 1.807) is 0 Å². The number of esters is 1. The van der Waals surface area contributed by atoms with E-state index in [0.29, 0.717) is 6.54 Å². The van der Waals surface area contributed by atoms with Gasteiger partial charge in [0.25, 0.3) is 5.91 Å². The van der Waals surface area contributed by atoms with Crippen molar-refractivity contribution in [1.29, 1.82) is 0 Å². The van der Waals surface area contributed by atoms with Gasteiger partial charge < -0.3 is 15.4 Å². The van der Waals surface area contributed by atoms with Crippen LogP contribution < -0.4 is 15.4 Å². The van der Waals surface area contributed by atoms with E-state index in [1.807, 2.05) is 4.72 Å². The molecule has 1 saturated carbocycles. The van der Waals surface area contributed by atoms with Crippen molar-refractivity contribution in [3.05, 3.63) is 12.7 Å². The Kier molecular flexibility index (Phi) is 5.00. The number of amides is 2. The summed E-state index contributed by atoms with van der Waals surface area (Å²) in [6, 6.07) is -0.622. The molecule has 1 aliphatic heterocycles. The van der Waals surface area contributed by atoms with Crippen molar-refractivity contribution in [2.45, 2.75) is 37.5 Å². The van der Waals surface area contributed by atoms with Gasteiger partial charge in [0.15, 0.2) is 0 Å². The zero-order valence-electron chi connectivity index (χ0n) is 13.5. The van der Waals surface area contributed by atoms with Gasteiger partial charge in [-0.2, -0.15) is 0 Å². The Morgan fingerprint density at radius 1 is 1.38 bits per heavy atom. The van der Waals surface area contributed by atoms with Crippen LogP contribution in [0, 0.1) is 5.92 Å². The fourth-order valence-electron chi connectivity index (χ4n) is 2.83. The summed E-state index contributed by atoms with van der Waals surface area (Å²) in [6.07, 6.45) is 2.53. The largest absolute Gasteiger partial charge is 0.461 e. The molecule has 1 heterocycles. The van der Waals surface area contributed by atoms with Gasteiger partial charge in [-0.25, -0.2) is 8.42 Å². The second-order valence-electron chi connectivity index (χ2n) is 6.14. The maximum Gasteiger partial charge on any atom is 0.302 e. The van der Waals surface area contributed by atoms with Gasteiger partial charge in [0.1, 0.15) is 11.6 Å². The van der Waals surface area contributed by atoms with Crippen LogP contribution in [0.4, 0.5) is 0 Å². The van der Waals surface area contributed by atoms with E-state index in [1.165, 1.54) is 13.0 Å². The van der Waals surface area contributed by atoms with Crippen molar-refractivity contribution in [1.82, 2.24) is 15.4 Å². The second kappa shape index (κ2) is 6.52. The van der Waals surface area contributed by atoms with Gasteiger partial charge in [-0.3, -0.25) is 19.1 Å². The normalized spacial score (nSPS) is 31.8. The van der Waals surface area contributed by atoms with Gasteiger partial charge in [0.2, 0.25) is 15.9 Å². The summed E-state index contributed by atoms with van der Waals surface area (Å²) in [5.41, 5.74) is -1.30. The molecule has 0 aromatic rings.